The van der Waals surface area contributed by atoms with Crippen molar-refractivity contribution < 1.29 is 19.1 Å². The van der Waals surface area contributed by atoms with E-state index in [2.05, 4.69) is 24.5 Å². The van der Waals surface area contributed by atoms with Gasteiger partial charge in [-0.15, -0.1) is 0 Å². The molecule has 0 aromatic carbocycles. The largest absolute Gasteiger partial charge is 0.475 e. The maximum Gasteiger partial charge on any atom is 0.371 e. The maximum absolute atomic E-state index is 11.7. The van der Waals surface area contributed by atoms with E-state index in [9.17, 15) is 9.59 Å². The number of nitrogens with one attached hydrogen (secondary N) is 2. The highest BCUT2D eigenvalue weighted by Crippen LogP contribution is 2.11. The molecular weight excluding hydrogens is 272 g/mol. The van der Waals surface area contributed by atoms with Crippen LogP contribution >= 0.6 is 0 Å². The average molecular weight is 296 g/mol. The summed E-state index contributed by atoms with van der Waals surface area (Å²) >= 11 is 0. The molecule has 0 radical (unpaired) electrons. The number of aromatic carboxylic acids is 1. The molecule has 21 heavy (non-hydrogen) atoms. The van der Waals surface area contributed by atoms with E-state index < -0.39 is 5.97 Å². The number of carbonyl (C=O) groups excluding carboxylic acids is 1. The van der Waals surface area contributed by atoms with Gasteiger partial charge in [-0.1, -0.05) is 33.1 Å². The van der Waals surface area contributed by atoms with Crippen molar-refractivity contribution >= 4 is 12.0 Å². The van der Waals surface area contributed by atoms with E-state index in [1.165, 1.54) is 12.5 Å². The van der Waals surface area contributed by atoms with E-state index in [4.69, 9.17) is 9.52 Å². The van der Waals surface area contributed by atoms with E-state index in [1.807, 2.05) is 0 Å². The Kier molecular flexibility index (Phi) is 7.36. The van der Waals surface area contributed by atoms with E-state index >= 15 is 0 Å². The van der Waals surface area contributed by atoms with Crippen LogP contribution in [0.2, 0.25) is 0 Å². The third-order valence-electron chi connectivity index (χ3n) is 3.39. The first kappa shape index (κ1) is 17.1. The van der Waals surface area contributed by atoms with Gasteiger partial charge >= 0.3 is 12.0 Å². The molecule has 1 unspecified atom stereocenters. The maximum atomic E-state index is 11.7. The molecule has 0 aliphatic heterocycles. The van der Waals surface area contributed by atoms with Crippen LogP contribution in [0.5, 0.6) is 0 Å². The van der Waals surface area contributed by atoms with Crippen LogP contribution in [0.15, 0.2) is 16.5 Å². The number of urea groups is 1. The van der Waals surface area contributed by atoms with Crippen molar-refractivity contribution in [1.82, 2.24) is 10.6 Å². The standard InChI is InChI=1S/C15H24N2O4/c1-3-5-6-11(4-2)9-16-15(20)17-10-12-7-8-13(21-12)14(18)19/h7-8,11H,3-6,9-10H2,1-2H3,(H,18,19)(H2,16,17,20). The fourth-order valence-electron chi connectivity index (χ4n) is 2.00. The third kappa shape index (κ3) is 6.33. The van der Waals surface area contributed by atoms with Gasteiger partial charge in [0.2, 0.25) is 5.76 Å². The summed E-state index contributed by atoms with van der Waals surface area (Å²) < 4.78 is 5.05. The first-order valence-corrected chi connectivity index (χ1v) is 7.40. The Balaban J connectivity index is 2.28. The number of hydrogen-bond donors (Lipinski definition) is 3. The molecule has 0 spiro atoms. The van der Waals surface area contributed by atoms with Gasteiger partial charge in [-0.05, 0) is 24.5 Å². The predicted octanol–water partition coefficient (Wildman–Crippen LogP) is 2.99. The molecule has 1 aromatic heterocycles. The van der Waals surface area contributed by atoms with Gasteiger partial charge in [0, 0.05) is 6.54 Å². The van der Waals surface area contributed by atoms with Crippen LogP contribution in [0.3, 0.4) is 0 Å². The van der Waals surface area contributed by atoms with Gasteiger partial charge in [-0.3, -0.25) is 0 Å². The molecule has 1 heterocycles. The van der Waals surface area contributed by atoms with E-state index in [-0.39, 0.29) is 18.3 Å². The second-order valence-corrected chi connectivity index (χ2v) is 5.05. The molecule has 1 aromatic rings. The summed E-state index contributed by atoms with van der Waals surface area (Å²) in [6.07, 6.45) is 4.49. The molecule has 0 aliphatic rings. The van der Waals surface area contributed by atoms with Crippen LogP contribution in [0, 0.1) is 5.92 Å². The predicted molar refractivity (Wildman–Crippen MR) is 79.2 cm³/mol. The zero-order chi connectivity index (χ0) is 15.7. The van der Waals surface area contributed by atoms with Gasteiger partial charge in [-0.2, -0.15) is 0 Å². The number of hydrogen-bond acceptors (Lipinski definition) is 3. The number of carboxylic acid groups (broad SMARTS) is 1. The summed E-state index contributed by atoms with van der Waals surface area (Å²) in [5.74, 6) is -0.330. The molecule has 118 valence electrons. The Bertz CT molecular complexity index is 456. The van der Waals surface area contributed by atoms with Gasteiger partial charge in [0.05, 0.1) is 6.54 Å². The summed E-state index contributed by atoms with van der Waals surface area (Å²) in [5.41, 5.74) is 0. The quantitative estimate of drug-likeness (QED) is 0.653. The fourth-order valence-corrected chi connectivity index (χ4v) is 2.00. The number of rotatable bonds is 9. The van der Waals surface area contributed by atoms with Crippen LogP contribution in [0.4, 0.5) is 4.79 Å². The molecule has 1 atom stereocenters. The van der Waals surface area contributed by atoms with Crippen LogP contribution in [-0.2, 0) is 6.54 Å². The van der Waals surface area contributed by atoms with Crippen molar-refractivity contribution in [3.63, 3.8) is 0 Å². The summed E-state index contributed by atoms with van der Waals surface area (Å²) in [5, 5.41) is 14.2. The highest BCUT2D eigenvalue weighted by atomic mass is 16.4. The smallest absolute Gasteiger partial charge is 0.371 e. The van der Waals surface area contributed by atoms with Crippen molar-refractivity contribution in [2.75, 3.05) is 6.54 Å². The van der Waals surface area contributed by atoms with Crippen molar-refractivity contribution in [2.24, 2.45) is 5.92 Å². The summed E-state index contributed by atoms with van der Waals surface area (Å²) in [6, 6.07) is 2.65. The van der Waals surface area contributed by atoms with Crippen molar-refractivity contribution in [3.05, 3.63) is 23.7 Å². The fraction of sp³-hybridized carbons (Fsp3) is 0.600. The zero-order valence-electron chi connectivity index (χ0n) is 12.6. The molecule has 0 saturated carbocycles. The molecule has 1 rings (SSSR count). The summed E-state index contributed by atoms with van der Waals surface area (Å²) in [4.78, 5) is 22.3. The number of furan rings is 1. The first-order valence-electron chi connectivity index (χ1n) is 7.40. The van der Waals surface area contributed by atoms with Crippen molar-refractivity contribution in [3.8, 4) is 0 Å². The topological polar surface area (TPSA) is 91.6 Å². The second-order valence-electron chi connectivity index (χ2n) is 5.05. The SMILES string of the molecule is CCCCC(CC)CNC(=O)NCc1ccc(C(=O)O)o1. The number of carboxylic acids is 1. The van der Waals surface area contributed by atoms with E-state index in [0.29, 0.717) is 18.2 Å². The van der Waals surface area contributed by atoms with E-state index in [1.54, 1.807) is 6.07 Å². The number of unbranched alkanes of at least 4 members (excludes halogenated alkanes) is 1. The highest BCUT2D eigenvalue weighted by Gasteiger charge is 2.11. The van der Waals surface area contributed by atoms with Gasteiger partial charge in [0.1, 0.15) is 5.76 Å². The minimum atomic E-state index is -1.12. The lowest BCUT2D eigenvalue weighted by Crippen LogP contribution is -2.37. The molecule has 0 saturated heterocycles. The van der Waals surface area contributed by atoms with Gasteiger partial charge in [0.15, 0.2) is 0 Å². The normalized spacial score (nSPS) is 11.9. The minimum Gasteiger partial charge on any atom is -0.475 e. The lowest BCUT2D eigenvalue weighted by atomic mass is 9.99. The molecule has 0 aliphatic carbocycles. The minimum absolute atomic E-state index is 0.127. The Labute approximate surface area is 124 Å². The van der Waals surface area contributed by atoms with Gasteiger partial charge in [0.25, 0.3) is 0 Å². The molecule has 3 N–H and O–H groups in total. The van der Waals surface area contributed by atoms with Crippen molar-refractivity contribution in [1.29, 1.82) is 0 Å². The van der Waals surface area contributed by atoms with Gasteiger partial charge < -0.3 is 20.2 Å². The number of carbonyl (C=O) groups is 2. The Morgan fingerprint density at radius 2 is 2.05 bits per heavy atom. The Hall–Kier alpha value is -1.98. The summed E-state index contributed by atoms with van der Waals surface area (Å²) in [6.45, 7) is 5.10. The first-order chi connectivity index (χ1) is 10.1. The van der Waals surface area contributed by atoms with E-state index in [0.717, 1.165) is 19.3 Å². The lowest BCUT2D eigenvalue weighted by Gasteiger charge is -2.15. The molecule has 0 fully saturated rings. The monoisotopic (exact) mass is 296 g/mol. The molecule has 2 amide bonds. The van der Waals surface area contributed by atoms with Crippen LogP contribution in [0.1, 0.15) is 55.8 Å². The Morgan fingerprint density at radius 1 is 1.29 bits per heavy atom. The average Bonchev–Trinajstić information content (AvgIpc) is 2.94. The highest BCUT2D eigenvalue weighted by molar-refractivity contribution is 5.84. The van der Waals surface area contributed by atoms with Crippen LogP contribution in [0.25, 0.3) is 0 Å². The third-order valence-corrected chi connectivity index (χ3v) is 3.39. The van der Waals surface area contributed by atoms with Crippen LogP contribution < -0.4 is 10.6 Å². The zero-order valence-corrected chi connectivity index (χ0v) is 12.6. The second kappa shape index (κ2) is 9.05. The molecular formula is C15H24N2O4. The lowest BCUT2D eigenvalue weighted by molar-refractivity contribution is 0.0660. The molecule has 0 bridgehead atoms. The Morgan fingerprint density at radius 3 is 2.62 bits per heavy atom. The van der Waals surface area contributed by atoms with Crippen LogP contribution in [-0.4, -0.2) is 23.7 Å². The summed E-state index contributed by atoms with van der Waals surface area (Å²) in [7, 11) is 0. The molecule has 6 nitrogen and oxygen atoms in total. The number of amides is 2. The van der Waals surface area contributed by atoms with Gasteiger partial charge in [-0.25, -0.2) is 9.59 Å². The molecule has 6 heteroatoms. The van der Waals surface area contributed by atoms with Crippen molar-refractivity contribution in [2.45, 2.75) is 46.1 Å².